The number of carbonyl (C=O) groups is 1. The van der Waals surface area contributed by atoms with Crippen LogP contribution in [-0.4, -0.2) is 41.2 Å². The molecule has 3 rings (SSSR count). The Morgan fingerprint density at radius 1 is 1.18 bits per heavy atom. The van der Waals surface area contributed by atoms with E-state index in [0.717, 1.165) is 32.1 Å². The number of aliphatic hydroxyl groups excluding tert-OH is 1. The molecule has 2 unspecified atom stereocenters. The summed E-state index contributed by atoms with van der Waals surface area (Å²) < 4.78 is 5.94. The molecule has 0 radical (unpaired) electrons. The molecule has 1 saturated heterocycles. The maximum absolute atomic E-state index is 12.4. The minimum absolute atomic E-state index is 0.0949. The Balaban J connectivity index is 1.52. The fourth-order valence-corrected chi connectivity index (χ4v) is 3.56. The molecule has 0 aromatic heterocycles. The Morgan fingerprint density at radius 3 is 2.55 bits per heavy atom. The quantitative estimate of drug-likeness (QED) is 0.930. The number of halogens is 1. The van der Waals surface area contributed by atoms with Crippen LogP contribution in [0.5, 0.6) is 5.75 Å². The number of hydrogen-bond donors (Lipinski definition) is 1. The molecule has 1 N–H and O–H groups in total. The van der Waals surface area contributed by atoms with Crippen LogP contribution >= 0.6 is 11.6 Å². The Labute approximate surface area is 136 Å². The van der Waals surface area contributed by atoms with Gasteiger partial charge in [-0.2, -0.15) is 0 Å². The van der Waals surface area contributed by atoms with E-state index in [4.69, 9.17) is 16.3 Å². The van der Waals surface area contributed by atoms with Gasteiger partial charge < -0.3 is 14.7 Å². The Bertz CT molecular complexity index is 528. The van der Waals surface area contributed by atoms with E-state index in [2.05, 4.69) is 0 Å². The van der Waals surface area contributed by atoms with Gasteiger partial charge in [-0.15, -0.1) is 0 Å². The zero-order chi connectivity index (χ0) is 15.5. The molecular weight excluding hydrogens is 302 g/mol. The fourth-order valence-electron chi connectivity index (χ4n) is 3.38. The lowest BCUT2D eigenvalue weighted by atomic mass is 10.0. The molecule has 5 heteroatoms. The highest BCUT2D eigenvalue weighted by Gasteiger charge is 2.35. The van der Waals surface area contributed by atoms with Gasteiger partial charge in [-0.25, -0.2) is 0 Å². The summed E-state index contributed by atoms with van der Waals surface area (Å²) in [6.07, 6.45) is 3.77. The van der Waals surface area contributed by atoms with Gasteiger partial charge >= 0.3 is 0 Å². The SMILES string of the molecule is O=C(C1CCCC1O)N1CCC(Oc2ccccc2Cl)CC1. The van der Waals surface area contributed by atoms with Crippen LogP contribution in [0.25, 0.3) is 0 Å². The lowest BCUT2D eigenvalue weighted by molar-refractivity contribution is -0.140. The zero-order valence-corrected chi connectivity index (χ0v) is 13.3. The molecule has 1 aliphatic carbocycles. The number of para-hydroxylation sites is 1. The third-order valence-corrected chi connectivity index (χ3v) is 4.99. The highest BCUT2D eigenvalue weighted by molar-refractivity contribution is 6.32. The number of aliphatic hydroxyl groups is 1. The number of benzene rings is 1. The van der Waals surface area contributed by atoms with Crippen molar-refractivity contribution in [1.29, 1.82) is 0 Å². The number of rotatable bonds is 3. The van der Waals surface area contributed by atoms with Crippen molar-refractivity contribution in [1.82, 2.24) is 4.90 Å². The van der Waals surface area contributed by atoms with Crippen LogP contribution < -0.4 is 4.74 Å². The average Bonchev–Trinajstić information content (AvgIpc) is 2.96. The maximum Gasteiger partial charge on any atom is 0.228 e. The molecule has 4 nitrogen and oxygen atoms in total. The van der Waals surface area contributed by atoms with Crippen LogP contribution in [0.4, 0.5) is 0 Å². The van der Waals surface area contributed by atoms with Gasteiger partial charge in [0.2, 0.25) is 5.91 Å². The van der Waals surface area contributed by atoms with Crippen LogP contribution in [0.2, 0.25) is 5.02 Å². The van der Waals surface area contributed by atoms with Gasteiger partial charge in [-0.05, 0) is 31.4 Å². The molecule has 1 amide bonds. The highest BCUT2D eigenvalue weighted by Crippen LogP contribution is 2.30. The predicted octanol–water partition coefficient (Wildman–Crippen LogP) is 2.87. The molecule has 1 saturated carbocycles. The number of nitrogens with zero attached hydrogens (tertiary/aromatic N) is 1. The van der Waals surface area contributed by atoms with Crippen LogP contribution in [0.3, 0.4) is 0 Å². The smallest absolute Gasteiger partial charge is 0.228 e. The van der Waals surface area contributed by atoms with Gasteiger partial charge in [-0.1, -0.05) is 23.7 Å². The van der Waals surface area contributed by atoms with Crippen LogP contribution in [0.1, 0.15) is 32.1 Å². The summed E-state index contributed by atoms with van der Waals surface area (Å²) in [4.78, 5) is 14.3. The summed E-state index contributed by atoms with van der Waals surface area (Å²) in [5, 5.41) is 10.5. The first-order valence-corrected chi connectivity index (χ1v) is 8.41. The normalized spacial score (nSPS) is 26.2. The molecule has 120 valence electrons. The Morgan fingerprint density at radius 2 is 1.91 bits per heavy atom. The third-order valence-electron chi connectivity index (χ3n) is 4.68. The van der Waals surface area contributed by atoms with E-state index in [-0.39, 0.29) is 17.9 Å². The van der Waals surface area contributed by atoms with Gasteiger partial charge in [-0.3, -0.25) is 4.79 Å². The van der Waals surface area contributed by atoms with Crippen molar-refractivity contribution >= 4 is 17.5 Å². The number of ether oxygens (including phenoxy) is 1. The second-order valence-electron chi connectivity index (χ2n) is 6.18. The maximum atomic E-state index is 12.4. The number of amides is 1. The number of carbonyl (C=O) groups excluding carboxylic acids is 1. The third kappa shape index (κ3) is 3.39. The zero-order valence-electron chi connectivity index (χ0n) is 12.6. The van der Waals surface area contributed by atoms with Gasteiger partial charge in [0.15, 0.2) is 0 Å². The van der Waals surface area contributed by atoms with Crippen molar-refractivity contribution in [2.75, 3.05) is 13.1 Å². The lowest BCUT2D eigenvalue weighted by Gasteiger charge is -2.34. The van der Waals surface area contributed by atoms with E-state index < -0.39 is 6.10 Å². The lowest BCUT2D eigenvalue weighted by Crippen LogP contribution is -2.45. The van der Waals surface area contributed by atoms with E-state index in [0.29, 0.717) is 23.9 Å². The first-order chi connectivity index (χ1) is 10.6. The van der Waals surface area contributed by atoms with Crippen molar-refractivity contribution in [3.8, 4) is 5.75 Å². The van der Waals surface area contributed by atoms with Crippen molar-refractivity contribution < 1.29 is 14.6 Å². The summed E-state index contributed by atoms with van der Waals surface area (Å²) in [6, 6.07) is 7.47. The van der Waals surface area contributed by atoms with Crippen molar-refractivity contribution in [2.45, 2.75) is 44.3 Å². The van der Waals surface area contributed by atoms with Gasteiger partial charge in [0, 0.05) is 25.9 Å². The summed E-state index contributed by atoms with van der Waals surface area (Å²) in [6.45, 7) is 1.38. The van der Waals surface area contributed by atoms with Crippen molar-refractivity contribution in [3.05, 3.63) is 29.3 Å². The molecule has 0 spiro atoms. The topological polar surface area (TPSA) is 49.8 Å². The van der Waals surface area contributed by atoms with Crippen molar-refractivity contribution in [2.24, 2.45) is 5.92 Å². The summed E-state index contributed by atoms with van der Waals surface area (Å²) in [5.41, 5.74) is 0. The Hall–Kier alpha value is -1.26. The molecule has 22 heavy (non-hydrogen) atoms. The second kappa shape index (κ2) is 6.88. The molecule has 1 heterocycles. The second-order valence-corrected chi connectivity index (χ2v) is 6.58. The average molecular weight is 324 g/mol. The molecule has 0 bridgehead atoms. The first kappa shape index (κ1) is 15.6. The van der Waals surface area contributed by atoms with E-state index in [1.165, 1.54) is 0 Å². The van der Waals surface area contributed by atoms with Gasteiger partial charge in [0.1, 0.15) is 11.9 Å². The van der Waals surface area contributed by atoms with E-state index in [1.54, 1.807) is 0 Å². The number of piperidine rings is 1. The molecule has 2 atom stereocenters. The first-order valence-electron chi connectivity index (χ1n) is 8.03. The van der Waals surface area contributed by atoms with Crippen molar-refractivity contribution in [3.63, 3.8) is 0 Å². The number of likely N-dealkylation sites (tertiary alicyclic amines) is 1. The standard InChI is InChI=1S/C17H22ClNO3/c18-14-5-1-2-7-16(14)22-12-8-10-19(11-9-12)17(21)13-4-3-6-15(13)20/h1-2,5,7,12-13,15,20H,3-4,6,8-11H2. The van der Waals surface area contributed by atoms with E-state index in [9.17, 15) is 9.90 Å². The molecule has 2 aliphatic rings. The summed E-state index contributed by atoms with van der Waals surface area (Å²) in [5.74, 6) is 0.627. The molecular formula is C17H22ClNO3. The predicted molar refractivity (Wildman–Crippen MR) is 85.0 cm³/mol. The van der Waals surface area contributed by atoms with Gasteiger partial charge in [0.05, 0.1) is 17.0 Å². The van der Waals surface area contributed by atoms with Crippen LogP contribution in [0, 0.1) is 5.92 Å². The molecule has 1 aromatic carbocycles. The molecule has 1 aliphatic heterocycles. The fraction of sp³-hybridized carbons (Fsp3) is 0.588. The monoisotopic (exact) mass is 323 g/mol. The molecule has 1 aromatic rings. The summed E-state index contributed by atoms with van der Waals surface area (Å²) in [7, 11) is 0. The van der Waals surface area contributed by atoms with E-state index in [1.807, 2.05) is 29.2 Å². The minimum atomic E-state index is -0.454. The van der Waals surface area contributed by atoms with Crippen LogP contribution in [0.15, 0.2) is 24.3 Å². The Kier molecular flexibility index (Phi) is 4.89. The largest absolute Gasteiger partial charge is 0.489 e. The van der Waals surface area contributed by atoms with E-state index >= 15 is 0 Å². The minimum Gasteiger partial charge on any atom is -0.489 e. The van der Waals surface area contributed by atoms with Gasteiger partial charge in [0.25, 0.3) is 0 Å². The summed E-state index contributed by atoms with van der Waals surface area (Å²) >= 11 is 6.11. The number of hydrogen-bond acceptors (Lipinski definition) is 3. The van der Waals surface area contributed by atoms with Crippen LogP contribution in [-0.2, 0) is 4.79 Å². The highest BCUT2D eigenvalue weighted by atomic mass is 35.5. The molecule has 2 fully saturated rings.